The molecule has 6 heteroatoms. The molecule has 1 aromatic carbocycles. The maximum absolute atomic E-state index is 11.6. The Morgan fingerprint density at radius 1 is 1.24 bits per heavy atom. The minimum absolute atomic E-state index is 0.174. The number of hydrogen-bond donors (Lipinski definition) is 1. The first-order chi connectivity index (χ1) is 7.96. The Bertz CT molecular complexity index is 479. The zero-order chi connectivity index (χ0) is 12.9. The highest BCUT2D eigenvalue weighted by Gasteiger charge is 2.17. The molecule has 0 aromatic heterocycles. The van der Waals surface area contributed by atoms with E-state index in [1.165, 1.54) is 0 Å². The zero-order valence-electron chi connectivity index (χ0n) is 9.55. The van der Waals surface area contributed by atoms with Crippen LogP contribution in [0.4, 0.5) is 0 Å². The van der Waals surface area contributed by atoms with Gasteiger partial charge in [0.1, 0.15) is 5.75 Å². The molecule has 2 N–H and O–H groups in total. The van der Waals surface area contributed by atoms with Gasteiger partial charge in [-0.2, -0.15) is 0 Å². The molecule has 0 atom stereocenters. The van der Waals surface area contributed by atoms with Crippen molar-refractivity contribution in [3.63, 3.8) is 0 Å². The van der Waals surface area contributed by atoms with Crippen molar-refractivity contribution in [2.75, 3.05) is 12.9 Å². The molecule has 0 radical (unpaired) electrons. The third-order valence-electron chi connectivity index (χ3n) is 2.21. The maximum atomic E-state index is 11.6. The molecule has 1 rings (SSSR count). The highest BCUT2D eigenvalue weighted by molar-refractivity contribution is 7.91. The molecule has 0 saturated carbocycles. The topological polar surface area (TPSA) is 86.5 Å². The highest BCUT2D eigenvalue weighted by atomic mass is 32.2. The fourth-order valence-electron chi connectivity index (χ4n) is 1.32. The van der Waals surface area contributed by atoms with Crippen LogP contribution in [0, 0.1) is 0 Å². The van der Waals surface area contributed by atoms with E-state index in [1.807, 2.05) is 0 Å². The van der Waals surface area contributed by atoms with Crippen LogP contribution in [0.2, 0.25) is 0 Å². The molecule has 0 bridgehead atoms. The molecule has 0 heterocycles. The van der Waals surface area contributed by atoms with Gasteiger partial charge in [0.2, 0.25) is 0 Å². The SMILES string of the molecule is COC(=O)CS(=O)(=O)Cc1ccc(CN)cc1. The molecule has 0 amide bonds. The second-order valence-corrected chi connectivity index (χ2v) is 5.69. The van der Waals surface area contributed by atoms with Gasteiger partial charge in [-0.1, -0.05) is 24.3 Å². The molecule has 0 unspecified atom stereocenters. The summed E-state index contributed by atoms with van der Waals surface area (Å²) in [6.07, 6.45) is 0. The van der Waals surface area contributed by atoms with Gasteiger partial charge in [0, 0.05) is 6.54 Å². The summed E-state index contributed by atoms with van der Waals surface area (Å²) in [6, 6.07) is 6.92. The van der Waals surface area contributed by atoms with Gasteiger partial charge >= 0.3 is 5.97 Å². The Balaban J connectivity index is 2.72. The predicted molar refractivity (Wildman–Crippen MR) is 63.8 cm³/mol. The van der Waals surface area contributed by atoms with Gasteiger partial charge in [-0.05, 0) is 11.1 Å². The Kier molecular flexibility index (Phi) is 4.65. The van der Waals surface area contributed by atoms with Crippen molar-refractivity contribution in [3.05, 3.63) is 35.4 Å². The lowest BCUT2D eigenvalue weighted by Crippen LogP contribution is -2.18. The average molecular weight is 257 g/mol. The Morgan fingerprint density at radius 3 is 2.24 bits per heavy atom. The van der Waals surface area contributed by atoms with Crippen molar-refractivity contribution < 1.29 is 17.9 Å². The van der Waals surface area contributed by atoms with Gasteiger partial charge in [0.25, 0.3) is 0 Å². The van der Waals surface area contributed by atoms with Crippen molar-refractivity contribution in [1.82, 2.24) is 0 Å². The lowest BCUT2D eigenvalue weighted by Gasteiger charge is -2.04. The molecule has 0 aliphatic heterocycles. The van der Waals surface area contributed by atoms with Gasteiger partial charge < -0.3 is 10.5 Å². The maximum Gasteiger partial charge on any atom is 0.320 e. The third-order valence-corrected chi connectivity index (χ3v) is 3.66. The summed E-state index contributed by atoms with van der Waals surface area (Å²) in [5, 5.41) is 0. The first-order valence-corrected chi connectivity index (χ1v) is 6.84. The van der Waals surface area contributed by atoms with E-state index >= 15 is 0 Å². The molecule has 1 aromatic rings. The van der Waals surface area contributed by atoms with E-state index in [1.54, 1.807) is 24.3 Å². The van der Waals surface area contributed by atoms with Gasteiger partial charge in [-0.25, -0.2) is 8.42 Å². The molecular weight excluding hydrogens is 242 g/mol. The van der Waals surface area contributed by atoms with Crippen molar-refractivity contribution in [1.29, 1.82) is 0 Å². The van der Waals surface area contributed by atoms with Crippen molar-refractivity contribution in [2.45, 2.75) is 12.3 Å². The fourth-order valence-corrected chi connectivity index (χ4v) is 2.59. The van der Waals surface area contributed by atoms with Crippen molar-refractivity contribution in [3.8, 4) is 0 Å². The summed E-state index contributed by atoms with van der Waals surface area (Å²) in [5.74, 6) is -1.52. The summed E-state index contributed by atoms with van der Waals surface area (Å²) in [5.41, 5.74) is 6.99. The van der Waals surface area contributed by atoms with E-state index in [4.69, 9.17) is 5.73 Å². The number of rotatable bonds is 5. The van der Waals surface area contributed by atoms with Crippen molar-refractivity contribution >= 4 is 15.8 Å². The summed E-state index contributed by atoms with van der Waals surface area (Å²) in [6.45, 7) is 0.412. The summed E-state index contributed by atoms with van der Waals surface area (Å²) < 4.78 is 27.5. The van der Waals surface area contributed by atoms with E-state index in [9.17, 15) is 13.2 Å². The number of sulfone groups is 1. The van der Waals surface area contributed by atoms with Crippen LogP contribution in [0.5, 0.6) is 0 Å². The number of carbonyl (C=O) groups excluding carboxylic acids is 1. The van der Waals surface area contributed by atoms with Crippen LogP contribution in [0.25, 0.3) is 0 Å². The number of carbonyl (C=O) groups is 1. The predicted octanol–water partition coefficient (Wildman–Crippen LogP) is 0.233. The minimum atomic E-state index is -3.47. The molecule has 0 aliphatic carbocycles. The molecular formula is C11H15NO4S. The first kappa shape index (κ1) is 13.7. The van der Waals surface area contributed by atoms with Crippen LogP contribution in [0.1, 0.15) is 11.1 Å². The molecule has 0 aliphatic rings. The summed E-state index contributed by atoms with van der Waals surface area (Å²) in [7, 11) is -2.31. The van der Waals surface area contributed by atoms with E-state index in [2.05, 4.69) is 4.74 Å². The Hall–Kier alpha value is -1.40. The van der Waals surface area contributed by atoms with Crippen LogP contribution in [0.3, 0.4) is 0 Å². The average Bonchev–Trinajstić information content (AvgIpc) is 2.28. The van der Waals surface area contributed by atoms with Crippen LogP contribution >= 0.6 is 0 Å². The van der Waals surface area contributed by atoms with Gasteiger partial charge in [0.05, 0.1) is 12.9 Å². The Morgan fingerprint density at radius 2 is 1.76 bits per heavy atom. The summed E-state index contributed by atoms with van der Waals surface area (Å²) in [4.78, 5) is 10.9. The number of benzene rings is 1. The van der Waals surface area contributed by atoms with Crippen molar-refractivity contribution in [2.24, 2.45) is 5.73 Å². The van der Waals surface area contributed by atoms with Crippen LogP contribution in [-0.2, 0) is 31.7 Å². The van der Waals surface area contributed by atoms with Crippen LogP contribution < -0.4 is 5.73 Å². The largest absolute Gasteiger partial charge is 0.468 e. The van der Waals surface area contributed by atoms with E-state index in [0.29, 0.717) is 12.1 Å². The number of hydrogen-bond acceptors (Lipinski definition) is 5. The standard InChI is InChI=1S/C11H15NO4S/c1-16-11(13)8-17(14,15)7-10-4-2-9(6-12)3-5-10/h2-5H,6-8,12H2,1H3. The second-order valence-electron chi connectivity index (χ2n) is 3.63. The minimum Gasteiger partial charge on any atom is -0.468 e. The Labute approximate surface area is 100 Å². The highest BCUT2D eigenvalue weighted by Crippen LogP contribution is 2.09. The number of esters is 1. The fraction of sp³-hybridized carbons (Fsp3) is 0.364. The van der Waals surface area contributed by atoms with Crippen LogP contribution in [0.15, 0.2) is 24.3 Å². The van der Waals surface area contributed by atoms with Gasteiger partial charge in [-0.3, -0.25) is 4.79 Å². The lowest BCUT2D eigenvalue weighted by molar-refractivity contribution is -0.137. The summed E-state index contributed by atoms with van der Waals surface area (Å²) >= 11 is 0. The molecule has 0 spiro atoms. The van der Waals surface area contributed by atoms with E-state index in [0.717, 1.165) is 12.7 Å². The normalized spacial score (nSPS) is 11.2. The number of ether oxygens (including phenoxy) is 1. The molecule has 17 heavy (non-hydrogen) atoms. The van der Waals surface area contributed by atoms with Gasteiger partial charge in [0.15, 0.2) is 9.84 Å². The molecule has 94 valence electrons. The quantitative estimate of drug-likeness (QED) is 0.763. The van der Waals surface area contributed by atoms with Gasteiger partial charge in [-0.15, -0.1) is 0 Å². The monoisotopic (exact) mass is 257 g/mol. The van der Waals surface area contributed by atoms with Crippen LogP contribution in [-0.4, -0.2) is 27.2 Å². The zero-order valence-corrected chi connectivity index (χ0v) is 10.4. The second kappa shape index (κ2) is 5.79. The van der Waals surface area contributed by atoms with E-state index in [-0.39, 0.29) is 5.75 Å². The van der Waals surface area contributed by atoms with E-state index < -0.39 is 21.6 Å². The number of methoxy groups -OCH3 is 1. The molecule has 0 saturated heterocycles. The first-order valence-electron chi connectivity index (χ1n) is 5.02. The molecule has 0 fully saturated rings. The smallest absolute Gasteiger partial charge is 0.320 e. The third kappa shape index (κ3) is 4.54. The number of nitrogens with two attached hydrogens (primary N) is 1. The molecule has 5 nitrogen and oxygen atoms in total. The lowest BCUT2D eigenvalue weighted by atomic mass is 10.1.